The van der Waals surface area contributed by atoms with Crippen molar-refractivity contribution < 1.29 is 29.3 Å². The molecule has 0 saturated carbocycles. The van der Waals surface area contributed by atoms with E-state index in [1.54, 1.807) is 27.7 Å². The molecule has 1 unspecified atom stereocenters. The summed E-state index contributed by atoms with van der Waals surface area (Å²) in [6.45, 7) is 7.30. The molecule has 0 aromatic carbocycles. The Morgan fingerprint density at radius 1 is 1.16 bits per heavy atom. The van der Waals surface area contributed by atoms with Crippen LogP contribution in [0.3, 0.4) is 0 Å². The Hall–Kier alpha value is -0.730. The van der Waals surface area contributed by atoms with Crippen molar-refractivity contribution in [2.75, 3.05) is 6.61 Å². The first-order chi connectivity index (χ1) is 8.74. The van der Waals surface area contributed by atoms with Gasteiger partial charge in [0.15, 0.2) is 11.6 Å². The fourth-order valence-corrected chi connectivity index (χ4v) is 2.36. The number of hydrogen-bond acceptors (Lipinski definition) is 7. The first kappa shape index (κ1) is 14.7. The van der Waals surface area contributed by atoms with E-state index in [1.807, 2.05) is 0 Å². The van der Waals surface area contributed by atoms with Crippen LogP contribution in [0.25, 0.3) is 0 Å². The van der Waals surface area contributed by atoms with Crippen LogP contribution in [0.15, 0.2) is 5.16 Å². The molecule has 19 heavy (non-hydrogen) atoms. The van der Waals surface area contributed by atoms with Crippen molar-refractivity contribution in [1.82, 2.24) is 0 Å². The number of rotatable bonds is 3. The van der Waals surface area contributed by atoms with Crippen LogP contribution < -0.4 is 0 Å². The first-order valence-corrected chi connectivity index (χ1v) is 6.27. The molecule has 0 amide bonds. The molecular formula is C12H21NO6. The summed E-state index contributed by atoms with van der Waals surface area (Å²) >= 11 is 0. The molecule has 2 saturated heterocycles. The van der Waals surface area contributed by atoms with Crippen molar-refractivity contribution in [3.05, 3.63) is 0 Å². The van der Waals surface area contributed by atoms with E-state index in [0.717, 1.165) is 0 Å². The number of aliphatic hydroxyl groups is 1. The van der Waals surface area contributed by atoms with E-state index in [-0.39, 0.29) is 6.61 Å². The summed E-state index contributed by atoms with van der Waals surface area (Å²) in [6.07, 6.45) is -1.56. The highest BCUT2D eigenvalue weighted by Gasteiger charge is 2.49. The Morgan fingerprint density at radius 3 is 2.37 bits per heavy atom. The minimum atomic E-state index is -0.938. The lowest BCUT2D eigenvalue weighted by Crippen LogP contribution is -2.45. The summed E-state index contributed by atoms with van der Waals surface area (Å²) in [5, 5.41) is 22.0. The van der Waals surface area contributed by atoms with Gasteiger partial charge in [-0.2, -0.15) is 0 Å². The molecule has 0 bridgehead atoms. The predicted octanol–water partition coefficient (Wildman–Crippen LogP) is 0.479. The second kappa shape index (κ2) is 4.99. The quantitative estimate of drug-likeness (QED) is 0.442. The lowest BCUT2D eigenvalue weighted by Gasteiger charge is -2.25. The molecule has 2 N–H and O–H groups in total. The molecule has 110 valence electrons. The molecule has 7 heteroatoms. The van der Waals surface area contributed by atoms with E-state index in [4.69, 9.17) is 24.2 Å². The van der Waals surface area contributed by atoms with Crippen LogP contribution in [-0.4, -0.2) is 59.1 Å². The lowest BCUT2D eigenvalue weighted by atomic mass is 10.0. The molecule has 7 nitrogen and oxygen atoms in total. The summed E-state index contributed by atoms with van der Waals surface area (Å²) in [6, 6.07) is 0. The third kappa shape index (κ3) is 3.24. The minimum Gasteiger partial charge on any atom is -0.411 e. The third-order valence-corrected chi connectivity index (χ3v) is 3.13. The Bertz CT molecular complexity index is 356. The van der Waals surface area contributed by atoms with E-state index < -0.39 is 36.0 Å². The summed E-state index contributed by atoms with van der Waals surface area (Å²) in [5.74, 6) is -1.58. The molecule has 0 spiro atoms. The van der Waals surface area contributed by atoms with Gasteiger partial charge in [-0.25, -0.2) is 0 Å². The summed E-state index contributed by atoms with van der Waals surface area (Å²) in [5.41, 5.74) is 0. The van der Waals surface area contributed by atoms with E-state index in [0.29, 0.717) is 0 Å². The van der Waals surface area contributed by atoms with Gasteiger partial charge >= 0.3 is 0 Å². The van der Waals surface area contributed by atoms with Crippen LogP contribution in [0.2, 0.25) is 0 Å². The number of nitrogens with zero attached hydrogens (tertiary/aromatic N) is 1. The zero-order chi connectivity index (χ0) is 14.3. The minimum absolute atomic E-state index is 0.275. The van der Waals surface area contributed by atoms with Gasteiger partial charge in [-0.3, -0.25) is 0 Å². The van der Waals surface area contributed by atoms with Crippen molar-refractivity contribution in [1.29, 1.82) is 0 Å². The van der Waals surface area contributed by atoms with Crippen LogP contribution in [0.5, 0.6) is 0 Å². The highest BCUT2D eigenvalue weighted by molar-refractivity contribution is 5.64. The summed E-state index contributed by atoms with van der Waals surface area (Å²) in [7, 11) is 0. The Morgan fingerprint density at radius 2 is 1.84 bits per heavy atom. The fraction of sp³-hybridized carbons (Fsp3) is 0.917. The van der Waals surface area contributed by atoms with Crippen molar-refractivity contribution in [3.63, 3.8) is 0 Å². The standard InChI is InChI=1S/C12H21NO6/c1-11(2)16-6-8(18-11)9(14)10-7(5-13-15)17-12(3,4)19-10/h5,7-10,14-15H,6H2,1-4H3/t7-,8+,9?,10-/m0/s1. The van der Waals surface area contributed by atoms with Crippen LogP contribution in [-0.2, 0) is 18.9 Å². The normalized spacial score (nSPS) is 38.9. The molecule has 4 atom stereocenters. The lowest BCUT2D eigenvalue weighted by molar-refractivity contribution is -0.178. The van der Waals surface area contributed by atoms with Gasteiger partial charge in [-0.15, -0.1) is 0 Å². The van der Waals surface area contributed by atoms with Crippen molar-refractivity contribution in [2.45, 2.75) is 63.7 Å². The second-order valence-corrected chi connectivity index (χ2v) is 5.69. The molecule has 0 aromatic heterocycles. The maximum absolute atomic E-state index is 10.4. The molecule has 0 aromatic rings. The topological polar surface area (TPSA) is 89.7 Å². The summed E-state index contributed by atoms with van der Waals surface area (Å²) in [4.78, 5) is 0. The molecule has 2 fully saturated rings. The van der Waals surface area contributed by atoms with E-state index in [2.05, 4.69) is 5.16 Å². The fourth-order valence-electron chi connectivity index (χ4n) is 2.36. The van der Waals surface area contributed by atoms with Gasteiger partial charge in [0.25, 0.3) is 0 Å². The average Bonchev–Trinajstić information content (AvgIpc) is 2.78. The molecule has 2 aliphatic heterocycles. The smallest absolute Gasteiger partial charge is 0.164 e. The van der Waals surface area contributed by atoms with Crippen molar-refractivity contribution >= 4 is 6.21 Å². The first-order valence-electron chi connectivity index (χ1n) is 6.27. The van der Waals surface area contributed by atoms with Gasteiger partial charge in [0.2, 0.25) is 0 Å². The Labute approximate surface area is 112 Å². The summed E-state index contributed by atoms with van der Waals surface area (Å²) < 4.78 is 22.2. The van der Waals surface area contributed by atoms with E-state index in [9.17, 15) is 5.11 Å². The SMILES string of the molecule is CC1(C)O[C@@H](C=NO)[C@@H](C(O)[C@H]2COC(C)(C)O2)O1. The predicted molar refractivity (Wildman–Crippen MR) is 65.0 cm³/mol. The van der Waals surface area contributed by atoms with E-state index in [1.165, 1.54) is 6.21 Å². The van der Waals surface area contributed by atoms with Crippen LogP contribution in [0, 0.1) is 0 Å². The van der Waals surface area contributed by atoms with Gasteiger partial charge in [0.1, 0.15) is 24.4 Å². The van der Waals surface area contributed by atoms with Gasteiger partial charge in [0, 0.05) is 0 Å². The van der Waals surface area contributed by atoms with Gasteiger partial charge < -0.3 is 29.3 Å². The number of aliphatic hydroxyl groups excluding tert-OH is 1. The third-order valence-electron chi connectivity index (χ3n) is 3.13. The molecule has 2 aliphatic rings. The Kier molecular flexibility index (Phi) is 3.85. The second-order valence-electron chi connectivity index (χ2n) is 5.69. The van der Waals surface area contributed by atoms with Gasteiger partial charge in [-0.1, -0.05) is 5.16 Å². The molecule has 0 radical (unpaired) electrons. The van der Waals surface area contributed by atoms with Crippen LogP contribution >= 0.6 is 0 Å². The van der Waals surface area contributed by atoms with Crippen LogP contribution in [0.4, 0.5) is 0 Å². The van der Waals surface area contributed by atoms with Gasteiger partial charge in [0.05, 0.1) is 12.8 Å². The zero-order valence-corrected chi connectivity index (χ0v) is 11.6. The largest absolute Gasteiger partial charge is 0.411 e. The molecule has 2 heterocycles. The van der Waals surface area contributed by atoms with E-state index >= 15 is 0 Å². The maximum atomic E-state index is 10.4. The van der Waals surface area contributed by atoms with Crippen LogP contribution in [0.1, 0.15) is 27.7 Å². The number of ether oxygens (including phenoxy) is 4. The molecule has 0 aliphatic carbocycles. The Balaban J connectivity index is 2.07. The average molecular weight is 275 g/mol. The van der Waals surface area contributed by atoms with Crippen molar-refractivity contribution in [2.24, 2.45) is 5.16 Å². The maximum Gasteiger partial charge on any atom is 0.164 e. The monoisotopic (exact) mass is 275 g/mol. The van der Waals surface area contributed by atoms with Crippen molar-refractivity contribution in [3.8, 4) is 0 Å². The molecular weight excluding hydrogens is 254 g/mol. The molecule has 2 rings (SSSR count). The number of oxime groups is 1. The number of hydrogen-bond donors (Lipinski definition) is 2. The highest BCUT2D eigenvalue weighted by Crippen LogP contribution is 2.33. The van der Waals surface area contributed by atoms with Gasteiger partial charge in [-0.05, 0) is 27.7 Å². The highest BCUT2D eigenvalue weighted by atomic mass is 16.8. The zero-order valence-electron chi connectivity index (χ0n) is 11.6.